The van der Waals surface area contributed by atoms with Crippen LogP contribution in [-0.4, -0.2) is 64.6 Å². The first kappa shape index (κ1) is 29.0. The van der Waals surface area contributed by atoms with Crippen LogP contribution in [0.15, 0.2) is 71.3 Å². The van der Waals surface area contributed by atoms with Crippen LogP contribution < -0.4 is 4.74 Å². The minimum Gasteiger partial charge on any atom is -0.508 e. The first-order valence-corrected chi connectivity index (χ1v) is 13.4. The number of amides is 3. The number of likely N-dealkylation sites (tertiary alicyclic amines) is 1. The first-order valence-electron chi connectivity index (χ1n) is 13.4. The van der Waals surface area contributed by atoms with E-state index in [1.54, 1.807) is 30.3 Å². The van der Waals surface area contributed by atoms with Crippen molar-refractivity contribution >= 4 is 24.0 Å². The van der Waals surface area contributed by atoms with Crippen molar-refractivity contribution in [2.24, 2.45) is 17.8 Å². The third-order valence-electron chi connectivity index (χ3n) is 7.69. The topological polar surface area (TPSA) is 134 Å². The van der Waals surface area contributed by atoms with Gasteiger partial charge in [-0.1, -0.05) is 48.9 Å². The molecule has 3 N–H and O–H groups in total. The second-order valence-corrected chi connectivity index (χ2v) is 10.1. The van der Waals surface area contributed by atoms with Crippen LogP contribution in [0.1, 0.15) is 38.2 Å². The third-order valence-corrected chi connectivity index (χ3v) is 7.69. The largest absolute Gasteiger partial charge is 0.508 e. The highest BCUT2D eigenvalue weighted by Crippen LogP contribution is 2.46. The van der Waals surface area contributed by atoms with Gasteiger partial charge in [0, 0.05) is 5.92 Å². The van der Waals surface area contributed by atoms with E-state index in [-0.39, 0.29) is 18.8 Å². The third kappa shape index (κ3) is 6.11. The average Bonchev–Trinajstić information content (AvgIpc) is 3.22. The van der Waals surface area contributed by atoms with Crippen molar-refractivity contribution in [2.45, 2.75) is 38.7 Å². The zero-order valence-electron chi connectivity index (χ0n) is 22.7. The Bertz CT molecular complexity index is 1300. The van der Waals surface area contributed by atoms with E-state index in [9.17, 15) is 29.7 Å². The van der Waals surface area contributed by atoms with Gasteiger partial charge in [0.15, 0.2) is 0 Å². The van der Waals surface area contributed by atoms with Gasteiger partial charge in [0.25, 0.3) is 0 Å². The van der Waals surface area contributed by atoms with Gasteiger partial charge in [-0.2, -0.15) is 4.90 Å². The fourth-order valence-corrected chi connectivity index (χ4v) is 5.73. The summed E-state index contributed by atoms with van der Waals surface area (Å²) in [6.07, 6.45) is 1.54. The molecule has 1 aliphatic carbocycles. The molecule has 0 bridgehead atoms. The number of carbonyl (C=O) groups is 3. The summed E-state index contributed by atoms with van der Waals surface area (Å²) in [4.78, 5) is 39.1. The standard InChI is InChI=1S/C31H35NO8/c1-3-19(14-20-8-7-9-22(34)15-20)12-13-26(35)27-21(18-40-23-10-5-4-6-11-23)16-24-28(25(27)17-33)30(37)32(29(24)36)31(38)39-2/h4-11,14-15,24-26,28,33-35H,3,12-13,16-18H2,1-2H3/b19-14+/t24-,25+,26-,28-/m1/s1. The number of rotatable bonds is 10. The van der Waals surface area contributed by atoms with E-state index in [1.165, 1.54) is 0 Å². The normalized spacial score (nSPS) is 21.9. The maximum Gasteiger partial charge on any atom is 0.423 e. The van der Waals surface area contributed by atoms with E-state index in [1.807, 2.05) is 37.3 Å². The molecule has 9 heteroatoms. The molecule has 4 atom stereocenters. The number of aliphatic hydroxyl groups excluding tert-OH is 2. The van der Waals surface area contributed by atoms with Gasteiger partial charge in [0.2, 0.25) is 11.8 Å². The number of nitrogens with zero attached hydrogens (tertiary/aromatic N) is 1. The van der Waals surface area contributed by atoms with Gasteiger partial charge in [0.05, 0.1) is 31.7 Å². The molecule has 0 saturated carbocycles. The molecule has 1 saturated heterocycles. The molecule has 0 radical (unpaired) electrons. The fourth-order valence-electron chi connectivity index (χ4n) is 5.73. The lowest BCUT2D eigenvalue weighted by atomic mass is 9.68. The Labute approximate surface area is 233 Å². The molecule has 1 aliphatic heterocycles. The Hall–Kier alpha value is -3.95. The number of phenols is 1. The number of allylic oxidation sites excluding steroid dienone is 1. The van der Waals surface area contributed by atoms with Crippen molar-refractivity contribution in [1.82, 2.24) is 4.90 Å². The van der Waals surface area contributed by atoms with Gasteiger partial charge >= 0.3 is 6.09 Å². The Morgan fingerprint density at radius 3 is 2.52 bits per heavy atom. The Morgan fingerprint density at radius 1 is 1.12 bits per heavy atom. The smallest absolute Gasteiger partial charge is 0.423 e. The number of benzene rings is 2. The summed E-state index contributed by atoms with van der Waals surface area (Å²) in [6.45, 7) is 1.57. The molecule has 0 unspecified atom stereocenters. The minimum absolute atomic E-state index is 0.0512. The van der Waals surface area contributed by atoms with Crippen LogP contribution >= 0.6 is 0 Å². The summed E-state index contributed by atoms with van der Waals surface area (Å²) in [5.41, 5.74) is 2.99. The molecule has 1 fully saturated rings. The van der Waals surface area contributed by atoms with Gasteiger partial charge in [-0.25, -0.2) is 4.79 Å². The average molecular weight is 550 g/mol. The molecule has 9 nitrogen and oxygen atoms in total. The van der Waals surface area contributed by atoms with Crippen LogP contribution in [0.3, 0.4) is 0 Å². The SMILES string of the molecule is CC/C(=C\c1cccc(O)c1)CC[C@@H](O)C1=C(COc2ccccc2)C[C@H]2C(=O)N(C(=O)OC)C(=O)[C@H]2[C@H]1CO. The van der Waals surface area contributed by atoms with E-state index in [0.717, 1.165) is 24.7 Å². The molecule has 2 aromatic carbocycles. The highest BCUT2D eigenvalue weighted by atomic mass is 16.5. The van der Waals surface area contributed by atoms with E-state index in [4.69, 9.17) is 4.74 Å². The molecule has 212 valence electrons. The van der Waals surface area contributed by atoms with Crippen LogP contribution in [-0.2, 0) is 14.3 Å². The zero-order chi connectivity index (χ0) is 28.8. The van der Waals surface area contributed by atoms with Crippen LogP contribution in [0, 0.1) is 17.8 Å². The summed E-state index contributed by atoms with van der Waals surface area (Å²) in [5.74, 6) is -3.37. The molecular weight excluding hydrogens is 514 g/mol. The number of para-hydroxylation sites is 1. The van der Waals surface area contributed by atoms with Crippen molar-refractivity contribution < 1.29 is 39.2 Å². The second-order valence-electron chi connectivity index (χ2n) is 10.1. The quantitative estimate of drug-likeness (QED) is 0.298. The highest BCUT2D eigenvalue weighted by Gasteiger charge is 2.57. The summed E-state index contributed by atoms with van der Waals surface area (Å²) < 4.78 is 10.6. The number of imide groups is 3. The number of phenolic OH excluding ortho intramolecular Hbond substituents is 1. The minimum atomic E-state index is -1.06. The number of hydrogen-bond donors (Lipinski definition) is 3. The zero-order valence-corrected chi connectivity index (χ0v) is 22.7. The summed E-state index contributed by atoms with van der Waals surface area (Å²) in [7, 11) is 1.09. The molecule has 3 amide bonds. The summed E-state index contributed by atoms with van der Waals surface area (Å²) in [5, 5.41) is 31.8. The van der Waals surface area contributed by atoms with Crippen LogP contribution in [0.2, 0.25) is 0 Å². The van der Waals surface area contributed by atoms with Crippen LogP contribution in [0.5, 0.6) is 11.5 Å². The number of ether oxygens (including phenoxy) is 2. The maximum atomic E-state index is 13.2. The fraction of sp³-hybridized carbons (Fsp3) is 0.387. The number of methoxy groups -OCH3 is 1. The van der Waals surface area contributed by atoms with Crippen LogP contribution in [0.4, 0.5) is 4.79 Å². The van der Waals surface area contributed by atoms with Crippen molar-refractivity contribution in [3.8, 4) is 11.5 Å². The molecule has 4 rings (SSSR count). The predicted octanol–water partition coefficient (Wildman–Crippen LogP) is 4.08. The van der Waals surface area contributed by atoms with Gasteiger partial charge < -0.3 is 24.8 Å². The summed E-state index contributed by atoms with van der Waals surface area (Å²) in [6, 6.07) is 16.0. The number of carbonyl (C=O) groups excluding carboxylic acids is 3. The lowest BCUT2D eigenvalue weighted by molar-refractivity contribution is -0.137. The van der Waals surface area contributed by atoms with E-state index in [2.05, 4.69) is 4.74 Å². The maximum absolute atomic E-state index is 13.2. The Kier molecular flexibility index (Phi) is 9.39. The van der Waals surface area contributed by atoms with E-state index < -0.39 is 48.4 Å². The highest BCUT2D eigenvalue weighted by molar-refractivity contribution is 6.16. The molecule has 0 aromatic heterocycles. The monoisotopic (exact) mass is 549 g/mol. The van der Waals surface area contributed by atoms with Gasteiger partial charge in [0.1, 0.15) is 18.1 Å². The first-order chi connectivity index (χ1) is 19.3. The van der Waals surface area contributed by atoms with E-state index in [0.29, 0.717) is 34.6 Å². The molecule has 2 aliphatic rings. The van der Waals surface area contributed by atoms with Crippen molar-refractivity contribution in [3.63, 3.8) is 0 Å². The van der Waals surface area contributed by atoms with Crippen molar-refractivity contribution in [2.75, 3.05) is 20.3 Å². The van der Waals surface area contributed by atoms with E-state index >= 15 is 0 Å². The summed E-state index contributed by atoms with van der Waals surface area (Å²) >= 11 is 0. The lowest BCUT2D eigenvalue weighted by Crippen LogP contribution is -2.40. The predicted molar refractivity (Wildman–Crippen MR) is 147 cm³/mol. The van der Waals surface area contributed by atoms with Gasteiger partial charge in [-0.3, -0.25) is 9.59 Å². The molecular formula is C31H35NO8. The van der Waals surface area contributed by atoms with Crippen molar-refractivity contribution in [1.29, 1.82) is 0 Å². The molecule has 40 heavy (non-hydrogen) atoms. The lowest BCUT2D eigenvalue weighted by Gasteiger charge is -2.36. The molecule has 0 spiro atoms. The van der Waals surface area contributed by atoms with Crippen molar-refractivity contribution in [3.05, 3.63) is 76.9 Å². The van der Waals surface area contributed by atoms with Gasteiger partial charge in [-0.05, 0) is 66.7 Å². The Balaban J connectivity index is 1.64. The molecule has 2 aromatic rings. The Morgan fingerprint density at radius 2 is 1.88 bits per heavy atom. The number of aliphatic hydroxyl groups is 2. The second kappa shape index (κ2) is 12.9. The number of fused-ring (bicyclic) bond motifs is 1. The van der Waals surface area contributed by atoms with Crippen LogP contribution in [0.25, 0.3) is 6.08 Å². The molecule has 1 heterocycles. The number of hydrogen-bond acceptors (Lipinski definition) is 8. The van der Waals surface area contributed by atoms with Gasteiger partial charge in [-0.15, -0.1) is 0 Å². The number of aromatic hydroxyl groups is 1.